The second-order valence-corrected chi connectivity index (χ2v) is 12.3. The van der Waals surface area contributed by atoms with Gasteiger partial charge in [-0.05, 0) is 18.1 Å². The molecule has 0 saturated heterocycles. The van der Waals surface area contributed by atoms with E-state index in [0.717, 1.165) is 24.3 Å². The van der Waals surface area contributed by atoms with Gasteiger partial charge in [-0.15, -0.1) is 0 Å². The van der Waals surface area contributed by atoms with Crippen molar-refractivity contribution in [2.24, 2.45) is 0 Å². The van der Waals surface area contributed by atoms with Crippen LogP contribution in [0.1, 0.15) is 20.8 Å². The fourth-order valence-corrected chi connectivity index (χ4v) is 2.50. The van der Waals surface area contributed by atoms with Crippen LogP contribution in [-0.2, 0) is 42.6 Å². The fraction of sp³-hybridized carbons (Fsp3) is 0.579. The van der Waals surface area contributed by atoms with Crippen molar-refractivity contribution < 1.29 is 42.6 Å². The molecule has 0 radical (unpaired) electrons. The van der Waals surface area contributed by atoms with E-state index in [-0.39, 0.29) is 18.3 Å². The van der Waals surface area contributed by atoms with Crippen molar-refractivity contribution in [3.05, 3.63) is 24.3 Å². The van der Waals surface area contributed by atoms with E-state index in [9.17, 15) is 19.2 Å². The summed E-state index contributed by atoms with van der Waals surface area (Å²) >= 11 is 0. The first kappa shape index (κ1) is 26.5. The molecule has 0 aliphatic heterocycles. The molecule has 0 fully saturated rings. The number of esters is 4. The summed E-state index contributed by atoms with van der Waals surface area (Å²) in [6, 6.07) is 0. The predicted octanol–water partition coefficient (Wildman–Crippen LogP) is 1.92. The summed E-state index contributed by atoms with van der Waals surface area (Å²) in [7, 11) is 0.199. The van der Waals surface area contributed by atoms with Gasteiger partial charge in [0.1, 0.15) is 6.61 Å². The van der Waals surface area contributed by atoms with Gasteiger partial charge in [-0.1, -0.05) is 20.8 Å². The number of hydrogen-bond donors (Lipinski definition) is 0. The monoisotopic (exact) mass is 430 g/mol. The smallest absolute Gasteiger partial charge is 0.331 e. The van der Waals surface area contributed by atoms with E-state index < -0.39 is 38.3 Å². The average Bonchev–Trinajstić information content (AvgIpc) is 2.65. The first-order chi connectivity index (χ1) is 13.3. The summed E-state index contributed by atoms with van der Waals surface area (Å²) in [4.78, 5) is 45.7. The maximum Gasteiger partial charge on any atom is 0.331 e. The minimum absolute atomic E-state index is 0.00227. The van der Waals surface area contributed by atoms with Crippen molar-refractivity contribution >= 4 is 32.2 Å². The lowest BCUT2D eigenvalue weighted by molar-refractivity contribution is -0.154. The molecule has 9 nitrogen and oxygen atoms in total. The molecule has 0 aromatic rings. The zero-order chi connectivity index (χ0) is 22.7. The molecule has 0 aromatic carbocycles. The standard InChI is InChI=1S/C19H30O9Si/c1-19(2,3)29(6,7)27-13-14(28-18(23)11-9-16(21)25-5)12-26-17(22)10-8-15(20)24-4/h8-11,14H,12-13H2,1-7H3/b10-8+,11-9+. The van der Waals surface area contributed by atoms with Crippen LogP contribution in [0.5, 0.6) is 0 Å². The second-order valence-electron chi connectivity index (χ2n) is 7.47. The van der Waals surface area contributed by atoms with Crippen molar-refractivity contribution in [1.29, 1.82) is 0 Å². The molecule has 1 atom stereocenters. The fourth-order valence-electron chi connectivity index (χ4n) is 1.47. The topological polar surface area (TPSA) is 114 Å². The van der Waals surface area contributed by atoms with Crippen LogP contribution in [0.2, 0.25) is 18.1 Å². The number of carbonyl (C=O) groups is 4. The molecule has 0 bridgehead atoms. The zero-order valence-electron chi connectivity index (χ0n) is 18.0. The first-order valence-corrected chi connectivity index (χ1v) is 11.8. The molecule has 0 N–H and O–H groups in total. The van der Waals surface area contributed by atoms with Gasteiger partial charge in [0.05, 0.1) is 20.8 Å². The van der Waals surface area contributed by atoms with Crippen LogP contribution in [0.3, 0.4) is 0 Å². The van der Waals surface area contributed by atoms with E-state index in [2.05, 4.69) is 30.2 Å². The Kier molecular flexibility index (Phi) is 11.1. The summed E-state index contributed by atoms with van der Waals surface area (Å²) < 4.78 is 25.0. The highest BCUT2D eigenvalue weighted by Crippen LogP contribution is 2.36. The molecule has 0 aliphatic rings. The van der Waals surface area contributed by atoms with E-state index in [1.54, 1.807) is 0 Å². The van der Waals surface area contributed by atoms with E-state index in [1.807, 2.05) is 13.1 Å². The lowest BCUT2D eigenvalue weighted by Gasteiger charge is -2.37. The first-order valence-electron chi connectivity index (χ1n) is 8.85. The van der Waals surface area contributed by atoms with E-state index in [0.29, 0.717) is 0 Å². The third-order valence-corrected chi connectivity index (χ3v) is 8.74. The molecule has 0 rings (SSSR count). The van der Waals surface area contributed by atoms with Crippen molar-refractivity contribution in [2.45, 2.75) is 45.0 Å². The Morgan fingerprint density at radius 1 is 0.793 bits per heavy atom. The molecule has 1 unspecified atom stereocenters. The third-order valence-electron chi connectivity index (χ3n) is 4.24. The van der Waals surface area contributed by atoms with Gasteiger partial charge in [-0.3, -0.25) is 0 Å². The van der Waals surface area contributed by atoms with Crippen LogP contribution in [0, 0.1) is 0 Å². The number of carbonyl (C=O) groups excluding carboxylic acids is 4. The van der Waals surface area contributed by atoms with Gasteiger partial charge >= 0.3 is 23.9 Å². The molecule has 29 heavy (non-hydrogen) atoms. The minimum atomic E-state index is -2.15. The van der Waals surface area contributed by atoms with Crippen molar-refractivity contribution in [3.63, 3.8) is 0 Å². The third kappa shape index (κ3) is 11.2. The molecule has 0 amide bonds. The lowest BCUT2D eigenvalue weighted by atomic mass is 10.2. The van der Waals surface area contributed by atoms with Crippen LogP contribution in [0.25, 0.3) is 0 Å². The normalized spacial score (nSPS) is 13.2. The second kappa shape index (κ2) is 12.2. The average molecular weight is 431 g/mol. The Morgan fingerprint density at radius 3 is 1.69 bits per heavy atom. The Morgan fingerprint density at radius 2 is 1.24 bits per heavy atom. The van der Waals surface area contributed by atoms with Crippen molar-refractivity contribution in [1.82, 2.24) is 0 Å². The molecule has 10 heteroatoms. The Hall–Kier alpha value is -2.46. The number of rotatable bonds is 10. The van der Waals surface area contributed by atoms with Crippen molar-refractivity contribution in [2.75, 3.05) is 27.4 Å². The van der Waals surface area contributed by atoms with Gasteiger partial charge in [0.15, 0.2) is 14.4 Å². The quantitative estimate of drug-likeness (QED) is 0.222. The minimum Gasteiger partial charge on any atom is -0.466 e. The summed E-state index contributed by atoms with van der Waals surface area (Å²) in [6.45, 7) is 9.91. The van der Waals surface area contributed by atoms with Gasteiger partial charge in [0.2, 0.25) is 0 Å². The van der Waals surface area contributed by atoms with Gasteiger partial charge in [-0.2, -0.15) is 0 Å². The molecule has 0 spiro atoms. The van der Waals surface area contributed by atoms with Gasteiger partial charge in [0.25, 0.3) is 0 Å². The summed E-state index contributed by atoms with van der Waals surface area (Å²) in [6.07, 6.45) is 2.73. The van der Waals surface area contributed by atoms with Crippen LogP contribution >= 0.6 is 0 Å². The summed E-state index contributed by atoms with van der Waals surface area (Å²) in [5.74, 6) is -3.05. The number of ether oxygens (including phenoxy) is 4. The number of methoxy groups -OCH3 is 2. The molecule has 164 valence electrons. The predicted molar refractivity (Wildman–Crippen MR) is 106 cm³/mol. The highest BCUT2D eigenvalue weighted by molar-refractivity contribution is 6.74. The van der Waals surface area contributed by atoms with Crippen LogP contribution in [0.4, 0.5) is 0 Å². The summed E-state index contributed by atoms with van der Waals surface area (Å²) in [5, 5.41) is -0.0771. The molecule has 0 heterocycles. The molecular weight excluding hydrogens is 400 g/mol. The number of hydrogen-bond acceptors (Lipinski definition) is 9. The molecule has 0 aromatic heterocycles. The molecule has 0 aliphatic carbocycles. The van der Waals surface area contributed by atoms with Crippen molar-refractivity contribution in [3.8, 4) is 0 Å². The highest BCUT2D eigenvalue weighted by Gasteiger charge is 2.38. The van der Waals surface area contributed by atoms with E-state index in [1.165, 1.54) is 14.2 Å². The zero-order valence-corrected chi connectivity index (χ0v) is 19.0. The van der Waals surface area contributed by atoms with Crippen LogP contribution in [0.15, 0.2) is 24.3 Å². The highest BCUT2D eigenvalue weighted by atomic mass is 28.4. The molecule has 0 saturated carbocycles. The SMILES string of the molecule is COC(=O)/C=C/C(=O)OCC(CO[Si](C)(C)C(C)(C)C)OC(=O)/C=C/C(=O)OC. The Bertz CT molecular complexity index is 645. The summed E-state index contributed by atoms with van der Waals surface area (Å²) in [5.41, 5.74) is 0. The Balaban J connectivity index is 5.04. The molecular formula is C19H30O9Si. The van der Waals surface area contributed by atoms with E-state index in [4.69, 9.17) is 13.9 Å². The van der Waals surface area contributed by atoms with Gasteiger partial charge in [-0.25, -0.2) is 19.2 Å². The largest absolute Gasteiger partial charge is 0.466 e. The van der Waals surface area contributed by atoms with Gasteiger partial charge in [0, 0.05) is 24.3 Å². The Labute approximate surface area is 172 Å². The maximum atomic E-state index is 11.9. The maximum absolute atomic E-state index is 11.9. The van der Waals surface area contributed by atoms with Crippen LogP contribution in [-0.4, -0.2) is 65.7 Å². The van der Waals surface area contributed by atoms with Gasteiger partial charge < -0.3 is 23.4 Å². The lowest BCUT2D eigenvalue weighted by Crippen LogP contribution is -2.44. The van der Waals surface area contributed by atoms with E-state index >= 15 is 0 Å². The van der Waals surface area contributed by atoms with Crippen LogP contribution < -0.4 is 0 Å².